The van der Waals surface area contributed by atoms with Crippen LogP contribution in [-0.4, -0.2) is 10.8 Å². The normalized spacial score (nSPS) is 14.5. The first-order valence-electron chi connectivity index (χ1n) is 7.59. The lowest BCUT2D eigenvalue weighted by Gasteiger charge is -2.06. The molecule has 1 N–H and O–H groups in total. The van der Waals surface area contributed by atoms with Gasteiger partial charge in [-0.05, 0) is 46.4 Å². The third-order valence-corrected chi connectivity index (χ3v) is 4.08. The van der Waals surface area contributed by atoms with Crippen LogP contribution in [0.25, 0.3) is 22.6 Å². The zero-order valence-electron chi connectivity index (χ0n) is 12.5. The van der Waals surface area contributed by atoms with Gasteiger partial charge in [0.25, 0.3) is 0 Å². The van der Waals surface area contributed by atoms with Gasteiger partial charge in [-0.1, -0.05) is 54.6 Å². The van der Waals surface area contributed by atoms with Gasteiger partial charge < -0.3 is 4.98 Å². The molecule has 1 heterocycles. The highest BCUT2D eigenvalue weighted by Crippen LogP contribution is 2.37. The number of benzene rings is 2. The topological polar surface area (TPSA) is 32.9 Å². The molecule has 3 aromatic rings. The van der Waals surface area contributed by atoms with Gasteiger partial charge in [0.1, 0.15) is 0 Å². The van der Waals surface area contributed by atoms with E-state index in [4.69, 9.17) is 0 Å². The van der Waals surface area contributed by atoms with Crippen LogP contribution in [0.3, 0.4) is 0 Å². The first-order valence-corrected chi connectivity index (χ1v) is 7.59. The SMILES string of the molecule is O=C1C=CC=C2C1=Cc1ccccc12.c1ccc2[nH]ccc2c1. The lowest BCUT2D eigenvalue weighted by Crippen LogP contribution is -2.00. The van der Waals surface area contributed by atoms with E-state index < -0.39 is 0 Å². The van der Waals surface area contributed by atoms with Gasteiger partial charge in [-0.3, -0.25) is 4.79 Å². The molecule has 0 radical (unpaired) electrons. The Hall–Kier alpha value is -3.13. The van der Waals surface area contributed by atoms with E-state index >= 15 is 0 Å². The number of nitrogens with one attached hydrogen (secondary N) is 1. The number of aromatic nitrogens is 1. The Bertz CT molecular complexity index is 956. The number of allylic oxidation sites excluding steroid dienone is 5. The quantitative estimate of drug-likeness (QED) is 0.636. The van der Waals surface area contributed by atoms with Gasteiger partial charge in [-0.2, -0.15) is 0 Å². The van der Waals surface area contributed by atoms with Crippen molar-refractivity contribution >= 4 is 28.3 Å². The van der Waals surface area contributed by atoms with Crippen molar-refractivity contribution in [2.45, 2.75) is 0 Å². The van der Waals surface area contributed by atoms with E-state index in [1.807, 2.05) is 54.8 Å². The Morgan fingerprint density at radius 1 is 0.826 bits per heavy atom. The summed E-state index contributed by atoms with van der Waals surface area (Å²) in [5.74, 6) is 0.110. The van der Waals surface area contributed by atoms with Crippen molar-refractivity contribution in [1.82, 2.24) is 4.98 Å². The molecule has 2 aliphatic rings. The van der Waals surface area contributed by atoms with Crippen molar-refractivity contribution in [3.05, 3.63) is 95.7 Å². The van der Waals surface area contributed by atoms with E-state index in [0.29, 0.717) is 0 Å². The minimum absolute atomic E-state index is 0.110. The van der Waals surface area contributed by atoms with Gasteiger partial charge in [0, 0.05) is 17.3 Å². The van der Waals surface area contributed by atoms with Crippen LogP contribution in [-0.2, 0) is 4.79 Å². The number of hydrogen-bond acceptors (Lipinski definition) is 1. The molecule has 5 rings (SSSR count). The molecule has 23 heavy (non-hydrogen) atoms. The van der Waals surface area contributed by atoms with E-state index in [0.717, 1.165) is 16.7 Å². The van der Waals surface area contributed by atoms with Crippen LogP contribution in [0, 0.1) is 0 Å². The summed E-state index contributed by atoms with van der Waals surface area (Å²) in [5, 5.41) is 1.28. The van der Waals surface area contributed by atoms with Crippen LogP contribution in [0.4, 0.5) is 0 Å². The number of rotatable bonds is 0. The smallest absolute Gasteiger partial charge is 0.186 e. The largest absolute Gasteiger partial charge is 0.361 e. The standard InChI is InChI=1S/C13H8O.C8H7N/c14-13-7-3-6-11-10-5-2-1-4-9(10)8-12(11)13;1-2-4-8-7(3-1)5-6-9-8/h1-8H;1-6,9H. The Morgan fingerprint density at radius 2 is 1.65 bits per heavy atom. The third-order valence-electron chi connectivity index (χ3n) is 4.08. The first kappa shape index (κ1) is 13.5. The Labute approximate surface area is 134 Å². The fourth-order valence-electron chi connectivity index (χ4n) is 2.95. The van der Waals surface area contributed by atoms with E-state index in [9.17, 15) is 4.79 Å². The van der Waals surface area contributed by atoms with Crippen LogP contribution in [0.1, 0.15) is 11.1 Å². The molecule has 0 atom stereocenters. The number of fused-ring (bicyclic) bond motifs is 4. The molecule has 2 heteroatoms. The molecule has 0 saturated carbocycles. The predicted octanol–water partition coefficient (Wildman–Crippen LogP) is 4.77. The fraction of sp³-hybridized carbons (Fsp3) is 0. The molecule has 2 aliphatic carbocycles. The predicted molar refractivity (Wildman–Crippen MR) is 94.8 cm³/mol. The van der Waals surface area contributed by atoms with Gasteiger partial charge in [-0.25, -0.2) is 0 Å². The molecular formula is C21H15NO. The fourth-order valence-corrected chi connectivity index (χ4v) is 2.95. The van der Waals surface area contributed by atoms with Gasteiger partial charge in [0.15, 0.2) is 5.78 Å². The second-order valence-corrected chi connectivity index (χ2v) is 5.51. The Kier molecular flexibility index (Phi) is 3.28. The molecule has 0 spiro atoms. The number of carbonyl (C=O) groups excluding carboxylic acids is 1. The summed E-state index contributed by atoms with van der Waals surface area (Å²) in [6, 6.07) is 18.4. The van der Waals surface area contributed by atoms with E-state index in [2.05, 4.69) is 29.2 Å². The zero-order chi connectivity index (χ0) is 15.6. The third kappa shape index (κ3) is 2.44. The maximum atomic E-state index is 11.5. The molecule has 1 aromatic heterocycles. The molecule has 0 bridgehead atoms. The molecule has 2 nitrogen and oxygen atoms in total. The maximum absolute atomic E-state index is 11.5. The highest BCUT2D eigenvalue weighted by atomic mass is 16.1. The Balaban J connectivity index is 0.000000130. The number of ketones is 1. The molecule has 110 valence electrons. The van der Waals surface area contributed by atoms with Crippen molar-refractivity contribution < 1.29 is 4.79 Å². The second-order valence-electron chi connectivity index (χ2n) is 5.51. The Morgan fingerprint density at radius 3 is 2.57 bits per heavy atom. The highest BCUT2D eigenvalue weighted by molar-refractivity contribution is 6.23. The van der Waals surface area contributed by atoms with Crippen LogP contribution >= 0.6 is 0 Å². The van der Waals surface area contributed by atoms with Crippen LogP contribution < -0.4 is 0 Å². The zero-order valence-corrected chi connectivity index (χ0v) is 12.5. The summed E-state index contributed by atoms with van der Waals surface area (Å²) < 4.78 is 0. The number of H-pyrrole nitrogens is 1. The van der Waals surface area contributed by atoms with E-state index in [1.54, 1.807) is 6.08 Å². The number of carbonyl (C=O) groups is 1. The second kappa shape index (κ2) is 5.58. The summed E-state index contributed by atoms with van der Waals surface area (Å²) in [7, 11) is 0. The molecule has 2 aromatic carbocycles. The minimum atomic E-state index is 0.110. The van der Waals surface area contributed by atoms with Crippen molar-refractivity contribution in [1.29, 1.82) is 0 Å². The van der Waals surface area contributed by atoms with Gasteiger partial charge >= 0.3 is 0 Å². The molecule has 0 amide bonds. The molecule has 0 saturated heterocycles. The highest BCUT2D eigenvalue weighted by Gasteiger charge is 2.23. The van der Waals surface area contributed by atoms with Crippen LogP contribution in [0.5, 0.6) is 0 Å². The summed E-state index contributed by atoms with van der Waals surface area (Å²) >= 11 is 0. The van der Waals surface area contributed by atoms with Crippen molar-refractivity contribution in [2.75, 3.05) is 0 Å². The average molecular weight is 297 g/mol. The monoisotopic (exact) mass is 297 g/mol. The minimum Gasteiger partial charge on any atom is -0.361 e. The van der Waals surface area contributed by atoms with Gasteiger partial charge in [-0.15, -0.1) is 0 Å². The lowest BCUT2D eigenvalue weighted by atomic mass is 9.96. The first-order chi connectivity index (χ1) is 11.3. The molecule has 0 aliphatic heterocycles. The molecule has 0 unspecified atom stereocenters. The van der Waals surface area contributed by atoms with Crippen LogP contribution in [0.15, 0.2) is 84.6 Å². The van der Waals surface area contributed by atoms with E-state index in [1.165, 1.54) is 16.5 Å². The summed E-state index contributed by atoms with van der Waals surface area (Å²) in [6.45, 7) is 0. The van der Waals surface area contributed by atoms with E-state index in [-0.39, 0.29) is 5.78 Å². The number of aromatic amines is 1. The maximum Gasteiger partial charge on any atom is 0.186 e. The summed E-state index contributed by atoms with van der Waals surface area (Å²) in [6.07, 6.45) is 9.34. The number of para-hydroxylation sites is 1. The van der Waals surface area contributed by atoms with Crippen molar-refractivity contribution in [3.63, 3.8) is 0 Å². The molecular weight excluding hydrogens is 282 g/mol. The summed E-state index contributed by atoms with van der Waals surface area (Å²) in [5.41, 5.74) is 5.41. The average Bonchev–Trinajstić information content (AvgIpc) is 3.20. The summed E-state index contributed by atoms with van der Waals surface area (Å²) in [4.78, 5) is 14.7. The van der Waals surface area contributed by atoms with Gasteiger partial charge in [0.2, 0.25) is 0 Å². The van der Waals surface area contributed by atoms with Gasteiger partial charge in [0.05, 0.1) is 0 Å². The number of hydrogen-bond donors (Lipinski definition) is 1. The van der Waals surface area contributed by atoms with Crippen molar-refractivity contribution in [2.24, 2.45) is 0 Å². The van der Waals surface area contributed by atoms with Crippen LogP contribution in [0.2, 0.25) is 0 Å². The van der Waals surface area contributed by atoms with Crippen molar-refractivity contribution in [3.8, 4) is 0 Å². The molecule has 0 fully saturated rings. The lowest BCUT2D eigenvalue weighted by molar-refractivity contribution is -0.110.